The van der Waals surface area contributed by atoms with Crippen molar-refractivity contribution in [3.05, 3.63) is 65.0 Å². The predicted molar refractivity (Wildman–Crippen MR) is 113 cm³/mol. The molecular formula is C23H24FNO7. The van der Waals surface area contributed by atoms with E-state index in [0.29, 0.717) is 17.1 Å². The fourth-order valence-corrected chi connectivity index (χ4v) is 3.57. The van der Waals surface area contributed by atoms with Gasteiger partial charge in [-0.15, -0.1) is 0 Å². The highest BCUT2D eigenvalue weighted by Crippen LogP contribution is 2.41. The Hall–Kier alpha value is -3.43. The van der Waals surface area contributed by atoms with E-state index in [-0.39, 0.29) is 37.5 Å². The number of aliphatic hydroxyl groups is 2. The van der Waals surface area contributed by atoms with E-state index in [9.17, 15) is 19.1 Å². The largest absolute Gasteiger partial charge is 0.507 e. The summed E-state index contributed by atoms with van der Waals surface area (Å²) < 4.78 is 29.2. The first-order valence-corrected chi connectivity index (χ1v) is 9.87. The summed E-state index contributed by atoms with van der Waals surface area (Å²) in [4.78, 5) is 27.1. The third-order valence-corrected chi connectivity index (χ3v) is 5.09. The van der Waals surface area contributed by atoms with Crippen LogP contribution < -0.4 is 9.47 Å². The number of likely N-dealkylation sites (tertiary alicyclic amines) is 1. The lowest BCUT2D eigenvalue weighted by molar-refractivity contribution is -0.140. The Labute approximate surface area is 184 Å². The first-order valence-electron chi connectivity index (χ1n) is 9.87. The molecule has 1 aliphatic rings. The van der Waals surface area contributed by atoms with Gasteiger partial charge in [0.25, 0.3) is 11.7 Å². The molecule has 0 saturated carbocycles. The minimum Gasteiger partial charge on any atom is -0.507 e. The van der Waals surface area contributed by atoms with Gasteiger partial charge in [0.1, 0.15) is 11.6 Å². The summed E-state index contributed by atoms with van der Waals surface area (Å²) >= 11 is 0. The smallest absolute Gasteiger partial charge is 0.295 e. The first-order chi connectivity index (χ1) is 15.4. The molecule has 1 fully saturated rings. The number of halogens is 1. The number of methoxy groups -OCH3 is 2. The number of Topliss-reactive ketones (excluding diaryl/α,β-unsaturated/α-hetero) is 1. The van der Waals surface area contributed by atoms with Crippen LogP contribution in [0.3, 0.4) is 0 Å². The van der Waals surface area contributed by atoms with E-state index in [1.807, 2.05) is 0 Å². The highest BCUT2D eigenvalue weighted by atomic mass is 19.1. The van der Waals surface area contributed by atoms with Gasteiger partial charge in [-0.1, -0.05) is 6.07 Å². The van der Waals surface area contributed by atoms with Gasteiger partial charge in [0.05, 0.1) is 45.7 Å². The number of hydrogen-bond donors (Lipinski definition) is 2. The van der Waals surface area contributed by atoms with Gasteiger partial charge in [0.2, 0.25) is 0 Å². The molecule has 0 aromatic heterocycles. The lowest BCUT2D eigenvalue weighted by Crippen LogP contribution is -2.33. The Balaban J connectivity index is 2.11. The third kappa shape index (κ3) is 4.58. The first kappa shape index (κ1) is 23.2. The summed E-state index contributed by atoms with van der Waals surface area (Å²) in [6.45, 7) is 0.0285. The standard InChI is InChI=1S/C23H24FNO7/c1-30-17-8-5-15(13-18(17)31-2)20-19(21(27)14-3-6-16(24)7-4-14)22(28)23(29)25(20)9-11-32-12-10-26/h3-8,13,20,26-27H,9-12H2,1-2H3. The number of hydrogen-bond acceptors (Lipinski definition) is 7. The fraction of sp³-hybridized carbons (Fsp3) is 0.304. The highest BCUT2D eigenvalue weighted by Gasteiger charge is 2.46. The molecule has 1 unspecified atom stereocenters. The number of amides is 1. The van der Waals surface area contributed by atoms with Gasteiger partial charge >= 0.3 is 0 Å². The van der Waals surface area contributed by atoms with Crippen LogP contribution in [0.2, 0.25) is 0 Å². The molecule has 9 heteroatoms. The molecule has 1 amide bonds. The molecule has 1 heterocycles. The summed E-state index contributed by atoms with van der Waals surface area (Å²) in [5.74, 6) is -1.75. The fourth-order valence-electron chi connectivity index (χ4n) is 3.57. The van der Waals surface area contributed by atoms with Crippen LogP contribution in [-0.4, -0.2) is 67.4 Å². The summed E-state index contributed by atoms with van der Waals surface area (Å²) in [6.07, 6.45) is 0. The molecule has 0 aliphatic carbocycles. The van der Waals surface area contributed by atoms with Crippen LogP contribution >= 0.6 is 0 Å². The second kappa shape index (κ2) is 10.3. The molecule has 0 spiro atoms. The molecule has 0 radical (unpaired) electrons. The maximum absolute atomic E-state index is 13.3. The molecular weight excluding hydrogens is 421 g/mol. The lowest BCUT2D eigenvalue weighted by Gasteiger charge is -2.26. The molecule has 1 saturated heterocycles. The Morgan fingerprint density at radius 2 is 1.72 bits per heavy atom. The highest BCUT2D eigenvalue weighted by molar-refractivity contribution is 6.46. The van der Waals surface area contributed by atoms with Crippen molar-refractivity contribution in [2.45, 2.75) is 6.04 Å². The van der Waals surface area contributed by atoms with Crippen LogP contribution in [0.25, 0.3) is 5.76 Å². The number of carbonyl (C=O) groups excluding carboxylic acids is 2. The SMILES string of the molecule is COc1ccc(C2C(=C(O)c3ccc(F)cc3)C(=O)C(=O)N2CCOCCO)cc1OC. The van der Waals surface area contributed by atoms with Crippen LogP contribution in [0.5, 0.6) is 11.5 Å². The normalized spacial score (nSPS) is 17.6. The maximum atomic E-state index is 13.3. The zero-order valence-corrected chi connectivity index (χ0v) is 17.7. The monoisotopic (exact) mass is 445 g/mol. The minimum atomic E-state index is -0.933. The average molecular weight is 445 g/mol. The van der Waals surface area contributed by atoms with Crippen molar-refractivity contribution in [3.8, 4) is 11.5 Å². The van der Waals surface area contributed by atoms with Gasteiger partial charge in [-0.3, -0.25) is 9.59 Å². The Kier molecular flexibility index (Phi) is 7.45. The number of rotatable bonds is 9. The van der Waals surface area contributed by atoms with Crippen molar-refractivity contribution >= 4 is 17.4 Å². The number of ether oxygens (including phenoxy) is 3. The number of ketones is 1. The van der Waals surface area contributed by atoms with Crippen LogP contribution in [0.4, 0.5) is 4.39 Å². The van der Waals surface area contributed by atoms with Crippen molar-refractivity contribution in [3.63, 3.8) is 0 Å². The topological polar surface area (TPSA) is 106 Å². The average Bonchev–Trinajstić information content (AvgIpc) is 3.06. The van der Waals surface area contributed by atoms with E-state index in [0.717, 1.165) is 12.1 Å². The van der Waals surface area contributed by atoms with Gasteiger partial charge in [0.15, 0.2) is 11.5 Å². The zero-order valence-electron chi connectivity index (χ0n) is 17.7. The summed E-state index contributed by atoms with van der Waals surface area (Å²) in [5, 5.41) is 19.8. The second-order valence-electron chi connectivity index (χ2n) is 6.95. The van der Waals surface area contributed by atoms with Crippen molar-refractivity contribution in [2.75, 3.05) is 40.6 Å². The molecule has 2 aromatic carbocycles. The van der Waals surface area contributed by atoms with E-state index in [1.54, 1.807) is 18.2 Å². The van der Waals surface area contributed by atoms with Gasteiger partial charge in [-0.05, 0) is 42.0 Å². The molecule has 8 nitrogen and oxygen atoms in total. The van der Waals surface area contributed by atoms with Gasteiger partial charge in [-0.25, -0.2) is 4.39 Å². The zero-order chi connectivity index (χ0) is 23.3. The Morgan fingerprint density at radius 1 is 1.03 bits per heavy atom. The summed E-state index contributed by atoms with van der Waals surface area (Å²) in [5.41, 5.74) is 0.579. The van der Waals surface area contributed by atoms with Crippen LogP contribution in [0, 0.1) is 5.82 Å². The van der Waals surface area contributed by atoms with E-state index in [2.05, 4.69) is 0 Å². The van der Waals surface area contributed by atoms with E-state index >= 15 is 0 Å². The second-order valence-corrected chi connectivity index (χ2v) is 6.95. The van der Waals surface area contributed by atoms with Gasteiger partial charge < -0.3 is 29.3 Å². The predicted octanol–water partition coefficient (Wildman–Crippen LogP) is 2.27. The van der Waals surface area contributed by atoms with E-state index in [4.69, 9.17) is 19.3 Å². The minimum absolute atomic E-state index is 0.0454. The molecule has 1 aliphatic heterocycles. The lowest BCUT2D eigenvalue weighted by atomic mass is 9.95. The van der Waals surface area contributed by atoms with Crippen molar-refractivity contribution in [1.29, 1.82) is 0 Å². The number of benzene rings is 2. The van der Waals surface area contributed by atoms with Crippen LogP contribution in [0.1, 0.15) is 17.2 Å². The van der Waals surface area contributed by atoms with Crippen LogP contribution in [0.15, 0.2) is 48.0 Å². The molecule has 2 aromatic rings. The van der Waals surface area contributed by atoms with Crippen molar-refractivity contribution in [1.82, 2.24) is 4.90 Å². The quantitative estimate of drug-likeness (QED) is 0.264. The molecule has 1 atom stereocenters. The van der Waals surface area contributed by atoms with E-state index in [1.165, 1.54) is 31.3 Å². The molecule has 2 N–H and O–H groups in total. The number of carbonyl (C=O) groups is 2. The molecule has 170 valence electrons. The van der Waals surface area contributed by atoms with Gasteiger partial charge in [0, 0.05) is 12.1 Å². The molecule has 32 heavy (non-hydrogen) atoms. The van der Waals surface area contributed by atoms with E-state index < -0.39 is 29.3 Å². The maximum Gasteiger partial charge on any atom is 0.295 e. The number of aliphatic hydroxyl groups excluding tert-OH is 2. The summed E-state index contributed by atoms with van der Waals surface area (Å²) in [7, 11) is 2.94. The number of nitrogens with zero attached hydrogens (tertiary/aromatic N) is 1. The van der Waals surface area contributed by atoms with Gasteiger partial charge in [-0.2, -0.15) is 0 Å². The molecule has 0 bridgehead atoms. The van der Waals surface area contributed by atoms with Crippen molar-refractivity contribution < 1.29 is 38.4 Å². The summed E-state index contributed by atoms with van der Waals surface area (Å²) in [6, 6.07) is 8.94. The third-order valence-electron chi connectivity index (χ3n) is 5.09. The molecule has 3 rings (SSSR count). The Bertz CT molecular complexity index is 1020. The van der Waals surface area contributed by atoms with Crippen LogP contribution in [-0.2, 0) is 14.3 Å². The Morgan fingerprint density at radius 3 is 2.34 bits per heavy atom. The van der Waals surface area contributed by atoms with Crippen molar-refractivity contribution in [2.24, 2.45) is 0 Å².